The number of fused-ring (bicyclic) bond motifs is 1. The maximum absolute atomic E-state index is 9.80. The SMILES string of the molecule is C=C1CC[C@]2(C)CC(C(C)CCC)CC[C@]2(C#N)C1.CC. The van der Waals surface area contributed by atoms with Crippen molar-refractivity contribution in [2.24, 2.45) is 22.7 Å². The molecule has 0 aromatic carbocycles. The standard InChI is InChI=1S/C18H29N.C2H6/c1-5-6-15(3)16-8-10-18(13-19)11-14(2)7-9-17(18,4)12-16;1-2/h15-16H,2,5-12H2,1,3-4H3;1-2H3/t15?,16?,17-,18-;/m1./s1. The summed E-state index contributed by atoms with van der Waals surface area (Å²) in [6.45, 7) is 15.2. The van der Waals surface area contributed by atoms with Gasteiger partial charge in [0.2, 0.25) is 0 Å². The highest BCUT2D eigenvalue weighted by Gasteiger charge is 2.54. The van der Waals surface area contributed by atoms with Gasteiger partial charge in [0.1, 0.15) is 0 Å². The van der Waals surface area contributed by atoms with E-state index in [0.717, 1.165) is 31.1 Å². The van der Waals surface area contributed by atoms with E-state index in [9.17, 15) is 5.26 Å². The van der Waals surface area contributed by atoms with Gasteiger partial charge in [0.25, 0.3) is 0 Å². The minimum Gasteiger partial charge on any atom is -0.198 e. The van der Waals surface area contributed by atoms with E-state index in [0.29, 0.717) is 0 Å². The summed E-state index contributed by atoms with van der Waals surface area (Å²) in [5.41, 5.74) is 1.43. The second-order valence-electron chi connectivity index (χ2n) is 7.45. The van der Waals surface area contributed by atoms with Gasteiger partial charge in [-0.3, -0.25) is 0 Å². The molecule has 0 N–H and O–H groups in total. The van der Waals surface area contributed by atoms with Gasteiger partial charge in [-0.15, -0.1) is 0 Å². The quantitative estimate of drug-likeness (QED) is 0.543. The number of nitrogens with zero attached hydrogens (tertiary/aromatic N) is 1. The first-order valence-electron chi connectivity index (χ1n) is 9.04. The van der Waals surface area contributed by atoms with Gasteiger partial charge < -0.3 is 0 Å². The number of rotatable bonds is 3. The predicted molar refractivity (Wildman–Crippen MR) is 91.9 cm³/mol. The first kappa shape index (κ1) is 18.3. The summed E-state index contributed by atoms with van der Waals surface area (Å²) < 4.78 is 0. The molecule has 2 rings (SSSR count). The highest BCUT2D eigenvalue weighted by atomic mass is 14.6. The second-order valence-corrected chi connectivity index (χ2v) is 7.45. The summed E-state index contributed by atoms with van der Waals surface area (Å²) >= 11 is 0. The molecule has 2 aliphatic carbocycles. The molecule has 2 fully saturated rings. The molecule has 2 unspecified atom stereocenters. The van der Waals surface area contributed by atoms with Gasteiger partial charge in [-0.05, 0) is 55.8 Å². The summed E-state index contributed by atoms with van der Waals surface area (Å²) in [4.78, 5) is 0. The van der Waals surface area contributed by atoms with Crippen LogP contribution in [0.2, 0.25) is 0 Å². The molecule has 0 aliphatic heterocycles. The summed E-state index contributed by atoms with van der Waals surface area (Å²) in [6, 6.07) is 2.72. The molecule has 0 spiro atoms. The van der Waals surface area contributed by atoms with Crippen LogP contribution in [-0.4, -0.2) is 0 Å². The third-order valence-corrected chi connectivity index (χ3v) is 6.15. The van der Waals surface area contributed by atoms with Gasteiger partial charge in [0.15, 0.2) is 0 Å². The Morgan fingerprint density at radius 1 is 1.38 bits per heavy atom. The fourth-order valence-electron chi connectivity index (χ4n) is 4.63. The Labute approximate surface area is 132 Å². The molecule has 0 saturated heterocycles. The fourth-order valence-corrected chi connectivity index (χ4v) is 4.63. The number of hydrogen-bond acceptors (Lipinski definition) is 1. The van der Waals surface area contributed by atoms with Crippen molar-refractivity contribution < 1.29 is 0 Å². The minimum atomic E-state index is -0.106. The third kappa shape index (κ3) is 3.53. The van der Waals surface area contributed by atoms with Crippen LogP contribution in [0.5, 0.6) is 0 Å². The number of nitriles is 1. The molecular formula is C20H35N. The van der Waals surface area contributed by atoms with Gasteiger partial charge in [-0.25, -0.2) is 0 Å². The molecule has 4 atom stereocenters. The molecule has 0 radical (unpaired) electrons. The first-order chi connectivity index (χ1) is 9.96. The van der Waals surface area contributed by atoms with E-state index in [1.165, 1.54) is 37.7 Å². The van der Waals surface area contributed by atoms with E-state index in [-0.39, 0.29) is 10.8 Å². The molecule has 0 bridgehead atoms. The number of hydrogen-bond donors (Lipinski definition) is 0. The lowest BCUT2D eigenvalue weighted by Crippen LogP contribution is -2.47. The monoisotopic (exact) mass is 289 g/mol. The van der Waals surface area contributed by atoms with Crippen LogP contribution in [0, 0.1) is 34.0 Å². The normalized spacial score (nSPS) is 36.8. The van der Waals surface area contributed by atoms with Crippen LogP contribution in [0.4, 0.5) is 0 Å². The Morgan fingerprint density at radius 2 is 2.05 bits per heavy atom. The van der Waals surface area contributed by atoms with Crippen LogP contribution in [0.15, 0.2) is 12.2 Å². The van der Waals surface area contributed by atoms with Crippen molar-refractivity contribution in [2.45, 2.75) is 86.0 Å². The highest BCUT2D eigenvalue weighted by molar-refractivity contribution is 5.21. The molecule has 2 aliphatic rings. The molecule has 120 valence electrons. The number of allylic oxidation sites excluding steroid dienone is 1. The lowest BCUT2D eigenvalue weighted by atomic mass is 9.48. The van der Waals surface area contributed by atoms with Gasteiger partial charge in [-0.2, -0.15) is 5.26 Å². The van der Waals surface area contributed by atoms with Crippen molar-refractivity contribution >= 4 is 0 Å². The van der Waals surface area contributed by atoms with Crippen molar-refractivity contribution in [3.05, 3.63) is 12.2 Å². The highest BCUT2D eigenvalue weighted by Crippen LogP contribution is 2.61. The van der Waals surface area contributed by atoms with E-state index < -0.39 is 0 Å². The molecule has 0 aromatic rings. The Kier molecular flexibility index (Phi) is 6.51. The van der Waals surface area contributed by atoms with Crippen molar-refractivity contribution in [2.75, 3.05) is 0 Å². The molecule has 1 heteroatoms. The Bertz CT molecular complexity index is 391. The molecule has 21 heavy (non-hydrogen) atoms. The first-order valence-corrected chi connectivity index (χ1v) is 9.04. The maximum atomic E-state index is 9.80. The van der Waals surface area contributed by atoms with Crippen LogP contribution >= 0.6 is 0 Å². The minimum absolute atomic E-state index is 0.106. The van der Waals surface area contributed by atoms with Crippen molar-refractivity contribution in [3.8, 4) is 6.07 Å². The largest absolute Gasteiger partial charge is 0.198 e. The van der Waals surface area contributed by atoms with Crippen LogP contribution in [-0.2, 0) is 0 Å². The van der Waals surface area contributed by atoms with Crippen molar-refractivity contribution in [1.29, 1.82) is 5.26 Å². The van der Waals surface area contributed by atoms with Gasteiger partial charge >= 0.3 is 0 Å². The predicted octanol–water partition coefficient (Wildman–Crippen LogP) is 6.51. The topological polar surface area (TPSA) is 23.8 Å². The van der Waals surface area contributed by atoms with Crippen molar-refractivity contribution in [1.82, 2.24) is 0 Å². The van der Waals surface area contributed by atoms with E-state index in [2.05, 4.69) is 33.4 Å². The zero-order valence-electron chi connectivity index (χ0n) is 15.0. The van der Waals surface area contributed by atoms with Crippen LogP contribution in [0.3, 0.4) is 0 Å². The Morgan fingerprint density at radius 3 is 2.62 bits per heavy atom. The zero-order chi connectivity index (χ0) is 16.1. The van der Waals surface area contributed by atoms with E-state index >= 15 is 0 Å². The van der Waals surface area contributed by atoms with Gasteiger partial charge in [0.05, 0.1) is 11.5 Å². The van der Waals surface area contributed by atoms with E-state index in [4.69, 9.17) is 0 Å². The Hall–Kier alpha value is -0.770. The summed E-state index contributed by atoms with van der Waals surface area (Å²) in [7, 11) is 0. The third-order valence-electron chi connectivity index (χ3n) is 6.15. The summed E-state index contributed by atoms with van der Waals surface area (Å²) in [6.07, 6.45) is 9.49. The lowest BCUT2D eigenvalue weighted by Gasteiger charge is -2.54. The molecule has 1 nitrogen and oxygen atoms in total. The average molecular weight is 290 g/mol. The zero-order valence-corrected chi connectivity index (χ0v) is 15.0. The summed E-state index contributed by atoms with van der Waals surface area (Å²) in [5, 5.41) is 9.80. The fraction of sp³-hybridized carbons (Fsp3) is 0.850. The van der Waals surface area contributed by atoms with E-state index in [1.54, 1.807) is 0 Å². The molecule has 2 saturated carbocycles. The molecule has 0 heterocycles. The maximum Gasteiger partial charge on any atom is 0.0698 e. The molecular weight excluding hydrogens is 254 g/mol. The van der Waals surface area contributed by atoms with Gasteiger partial charge in [0, 0.05) is 0 Å². The van der Waals surface area contributed by atoms with Crippen molar-refractivity contribution in [3.63, 3.8) is 0 Å². The van der Waals surface area contributed by atoms with Crippen LogP contribution < -0.4 is 0 Å². The van der Waals surface area contributed by atoms with Crippen LogP contribution in [0.25, 0.3) is 0 Å². The summed E-state index contributed by atoms with van der Waals surface area (Å²) in [5.74, 6) is 1.65. The molecule has 0 aromatic heterocycles. The lowest BCUT2D eigenvalue weighted by molar-refractivity contribution is -0.0172. The Balaban J connectivity index is 0.00000106. The average Bonchev–Trinajstić information content (AvgIpc) is 2.49. The van der Waals surface area contributed by atoms with Gasteiger partial charge in [-0.1, -0.05) is 59.6 Å². The van der Waals surface area contributed by atoms with Crippen LogP contribution in [0.1, 0.15) is 86.0 Å². The molecule has 0 amide bonds. The van der Waals surface area contributed by atoms with E-state index in [1.807, 2.05) is 13.8 Å². The smallest absolute Gasteiger partial charge is 0.0698 e. The second kappa shape index (κ2) is 7.48.